The van der Waals surface area contributed by atoms with Gasteiger partial charge in [0.2, 0.25) is 0 Å². The summed E-state index contributed by atoms with van der Waals surface area (Å²) < 4.78 is 1.90. The average molecular weight is 428 g/mol. The van der Waals surface area contributed by atoms with Gasteiger partial charge in [-0.25, -0.2) is 0 Å². The van der Waals surface area contributed by atoms with Crippen LogP contribution in [0.5, 0.6) is 0 Å². The van der Waals surface area contributed by atoms with Gasteiger partial charge in [-0.3, -0.25) is 14.9 Å². The smallest absolute Gasteiger partial charge is 0.278 e. The minimum atomic E-state index is -0.379. The molecule has 7 heteroatoms. The topological polar surface area (TPSA) is 80.4 Å². The van der Waals surface area contributed by atoms with E-state index in [0.717, 1.165) is 22.5 Å². The van der Waals surface area contributed by atoms with Crippen molar-refractivity contribution >= 4 is 28.2 Å². The molecule has 0 atom stereocenters. The lowest BCUT2D eigenvalue weighted by Gasteiger charge is -2.18. The Balaban J connectivity index is 1.50. The van der Waals surface area contributed by atoms with E-state index < -0.39 is 0 Å². The summed E-state index contributed by atoms with van der Waals surface area (Å²) in [5.74, 6) is -0.105. The minimum absolute atomic E-state index is 0.0666. The molecule has 1 N–H and O–H groups in total. The second-order valence-corrected chi connectivity index (χ2v) is 7.74. The molecule has 0 fully saturated rings. The molecule has 3 aromatic carbocycles. The number of nitrogens with zero attached hydrogens (tertiary/aromatic N) is 3. The van der Waals surface area contributed by atoms with Crippen molar-refractivity contribution < 1.29 is 9.72 Å². The predicted molar refractivity (Wildman–Crippen MR) is 126 cm³/mol. The van der Waals surface area contributed by atoms with Crippen LogP contribution in [0.3, 0.4) is 0 Å². The fraction of sp³-hybridized carbons (Fsp3) is 0.160. The maximum Gasteiger partial charge on any atom is 0.278 e. The molecule has 0 saturated carbocycles. The standard InChI is InChI=1S/C25H24N4O3/c1-27(17-21-15-22-23(28(21)2)12-7-13-24(22)29(31)32)25(30)19-9-6-8-18(14-19)16-26-20-10-4-3-5-11-20/h3-15,26H,16-17H2,1-2H3. The predicted octanol–water partition coefficient (Wildman–Crippen LogP) is 4.97. The monoisotopic (exact) mass is 428 g/mol. The van der Waals surface area contributed by atoms with Crippen molar-refractivity contribution in [3.8, 4) is 0 Å². The number of hydrogen-bond donors (Lipinski definition) is 1. The van der Waals surface area contributed by atoms with E-state index in [2.05, 4.69) is 5.32 Å². The molecule has 1 heterocycles. The van der Waals surface area contributed by atoms with E-state index in [4.69, 9.17) is 0 Å². The Morgan fingerprint density at radius 2 is 1.78 bits per heavy atom. The fourth-order valence-corrected chi connectivity index (χ4v) is 3.82. The second-order valence-electron chi connectivity index (χ2n) is 7.74. The fourth-order valence-electron chi connectivity index (χ4n) is 3.82. The number of non-ortho nitro benzene ring substituents is 1. The SMILES string of the molecule is CN(Cc1cc2c([N+](=O)[O-])cccc2n1C)C(=O)c1cccc(CNc2ccccc2)c1. The van der Waals surface area contributed by atoms with Gasteiger partial charge in [-0.05, 0) is 42.0 Å². The van der Waals surface area contributed by atoms with Crippen LogP contribution in [0.25, 0.3) is 10.9 Å². The number of fused-ring (bicyclic) bond motifs is 1. The summed E-state index contributed by atoms with van der Waals surface area (Å²) in [5.41, 5.74) is 4.29. The minimum Gasteiger partial charge on any atom is -0.381 e. The molecule has 0 spiro atoms. The van der Waals surface area contributed by atoms with Gasteiger partial charge in [-0.2, -0.15) is 0 Å². The molecule has 4 aromatic rings. The Labute approximate surface area is 186 Å². The van der Waals surface area contributed by atoms with E-state index in [1.807, 2.05) is 66.2 Å². The van der Waals surface area contributed by atoms with Crippen molar-refractivity contribution in [1.29, 1.82) is 0 Å². The van der Waals surface area contributed by atoms with Gasteiger partial charge in [0.05, 0.1) is 22.4 Å². The maximum atomic E-state index is 13.1. The number of aryl methyl sites for hydroxylation is 1. The molecular formula is C25H24N4O3. The molecule has 1 aromatic heterocycles. The summed E-state index contributed by atoms with van der Waals surface area (Å²) in [6.45, 7) is 0.954. The van der Waals surface area contributed by atoms with E-state index in [1.54, 1.807) is 30.1 Å². The molecule has 0 radical (unpaired) electrons. The molecule has 0 aliphatic heterocycles. The molecular weight excluding hydrogens is 404 g/mol. The van der Waals surface area contributed by atoms with Gasteiger partial charge in [0.25, 0.3) is 11.6 Å². The first-order valence-electron chi connectivity index (χ1n) is 10.3. The highest BCUT2D eigenvalue weighted by atomic mass is 16.6. The number of hydrogen-bond acceptors (Lipinski definition) is 4. The maximum absolute atomic E-state index is 13.1. The van der Waals surface area contributed by atoms with Crippen LogP contribution in [-0.4, -0.2) is 27.3 Å². The van der Waals surface area contributed by atoms with Crippen LogP contribution in [0.2, 0.25) is 0 Å². The van der Waals surface area contributed by atoms with Crippen molar-refractivity contribution in [2.24, 2.45) is 7.05 Å². The first-order valence-corrected chi connectivity index (χ1v) is 10.3. The number of para-hydroxylation sites is 1. The van der Waals surface area contributed by atoms with E-state index in [-0.39, 0.29) is 16.5 Å². The third-order valence-electron chi connectivity index (χ3n) is 5.55. The van der Waals surface area contributed by atoms with Crippen LogP contribution in [0.1, 0.15) is 21.6 Å². The van der Waals surface area contributed by atoms with Crippen molar-refractivity contribution in [2.45, 2.75) is 13.1 Å². The van der Waals surface area contributed by atoms with Crippen molar-refractivity contribution in [2.75, 3.05) is 12.4 Å². The summed E-state index contributed by atoms with van der Waals surface area (Å²) >= 11 is 0. The van der Waals surface area contributed by atoms with E-state index >= 15 is 0 Å². The lowest BCUT2D eigenvalue weighted by molar-refractivity contribution is -0.383. The van der Waals surface area contributed by atoms with Gasteiger partial charge in [0, 0.05) is 43.7 Å². The second kappa shape index (κ2) is 8.93. The largest absolute Gasteiger partial charge is 0.381 e. The van der Waals surface area contributed by atoms with E-state index in [1.165, 1.54) is 6.07 Å². The molecule has 0 saturated heterocycles. The summed E-state index contributed by atoms with van der Waals surface area (Å²) in [6.07, 6.45) is 0. The number of nitrogens with one attached hydrogen (secondary N) is 1. The molecule has 162 valence electrons. The van der Waals surface area contributed by atoms with Crippen LogP contribution in [0.15, 0.2) is 78.9 Å². The van der Waals surface area contributed by atoms with Gasteiger partial charge < -0.3 is 14.8 Å². The van der Waals surface area contributed by atoms with Crippen LogP contribution in [-0.2, 0) is 20.1 Å². The zero-order valence-electron chi connectivity index (χ0n) is 18.0. The zero-order chi connectivity index (χ0) is 22.7. The van der Waals surface area contributed by atoms with Crippen molar-refractivity contribution in [3.05, 3.63) is 106 Å². The average Bonchev–Trinajstić information content (AvgIpc) is 3.13. The van der Waals surface area contributed by atoms with Gasteiger partial charge >= 0.3 is 0 Å². The number of benzene rings is 3. The molecule has 0 aliphatic rings. The number of nitro groups is 1. The highest BCUT2D eigenvalue weighted by Crippen LogP contribution is 2.28. The molecule has 0 bridgehead atoms. The van der Waals surface area contributed by atoms with Gasteiger partial charge in [0.15, 0.2) is 0 Å². The summed E-state index contributed by atoms with van der Waals surface area (Å²) in [4.78, 5) is 25.7. The van der Waals surface area contributed by atoms with Crippen LogP contribution >= 0.6 is 0 Å². The van der Waals surface area contributed by atoms with Crippen molar-refractivity contribution in [1.82, 2.24) is 9.47 Å². The number of carbonyl (C=O) groups excluding carboxylic acids is 1. The Hall–Kier alpha value is -4.13. The number of carbonyl (C=O) groups is 1. The molecule has 4 rings (SSSR count). The first kappa shape index (κ1) is 21.1. The van der Waals surface area contributed by atoms with E-state index in [9.17, 15) is 14.9 Å². The Bertz CT molecular complexity index is 1280. The number of aromatic nitrogens is 1. The Morgan fingerprint density at radius 3 is 2.53 bits per heavy atom. The van der Waals surface area contributed by atoms with Crippen molar-refractivity contribution in [3.63, 3.8) is 0 Å². The first-order chi connectivity index (χ1) is 15.4. The molecule has 0 aliphatic carbocycles. The number of rotatable bonds is 7. The van der Waals surface area contributed by atoms with Crippen LogP contribution < -0.4 is 5.32 Å². The lowest BCUT2D eigenvalue weighted by Crippen LogP contribution is -2.27. The highest BCUT2D eigenvalue weighted by Gasteiger charge is 2.19. The van der Waals surface area contributed by atoms with Gasteiger partial charge in [-0.1, -0.05) is 36.4 Å². The number of nitro benzene ring substituents is 1. The summed E-state index contributed by atoms with van der Waals surface area (Å²) in [5, 5.41) is 15.3. The van der Waals surface area contributed by atoms with Crippen LogP contribution in [0, 0.1) is 10.1 Å². The third-order valence-corrected chi connectivity index (χ3v) is 5.55. The van der Waals surface area contributed by atoms with Crippen LogP contribution in [0.4, 0.5) is 11.4 Å². The Morgan fingerprint density at radius 1 is 1.03 bits per heavy atom. The normalized spacial score (nSPS) is 10.8. The number of amides is 1. The van der Waals surface area contributed by atoms with Gasteiger partial charge in [0.1, 0.15) is 0 Å². The van der Waals surface area contributed by atoms with E-state index in [0.29, 0.717) is 24.0 Å². The third kappa shape index (κ3) is 4.32. The highest BCUT2D eigenvalue weighted by molar-refractivity contribution is 5.94. The number of anilines is 1. The quantitative estimate of drug-likeness (QED) is 0.333. The molecule has 0 unspecified atom stereocenters. The molecule has 7 nitrogen and oxygen atoms in total. The Kier molecular flexibility index (Phi) is 5.89. The lowest BCUT2D eigenvalue weighted by atomic mass is 10.1. The zero-order valence-corrected chi connectivity index (χ0v) is 18.0. The van der Waals surface area contributed by atoms with Gasteiger partial charge in [-0.15, -0.1) is 0 Å². The summed E-state index contributed by atoms with van der Waals surface area (Å²) in [7, 11) is 3.60. The molecule has 1 amide bonds. The molecule has 32 heavy (non-hydrogen) atoms. The summed E-state index contributed by atoms with van der Waals surface area (Å²) in [6, 6.07) is 24.3.